The minimum absolute atomic E-state index is 0.121. The Morgan fingerprint density at radius 3 is 2.21 bits per heavy atom. The second kappa shape index (κ2) is 9.93. The van der Waals surface area contributed by atoms with Gasteiger partial charge in [-0.05, 0) is 18.2 Å². The number of methoxy groups -OCH3 is 2. The average molecular weight is 489 g/mol. The molecule has 0 bridgehead atoms. The summed E-state index contributed by atoms with van der Waals surface area (Å²) in [6.07, 6.45) is -2.12. The Bertz CT molecular complexity index is 1130. The van der Waals surface area contributed by atoms with Crippen LogP contribution in [0.1, 0.15) is 20.7 Å². The molecule has 1 saturated heterocycles. The van der Waals surface area contributed by atoms with Crippen molar-refractivity contribution in [3.05, 3.63) is 58.4 Å². The first kappa shape index (κ1) is 24.7. The minimum Gasteiger partial charge on any atom is -0.497 e. The molecule has 1 aliphatic rings. The smallest absolute Gasteiger partial charge is 0.410 e. The van der Waals surface area contributed by atoms with Crippen molar-refractivity contribution >= 4 is 17.8 Å². The third-order valence-corrected chi connectivity index (χ3v) is 4.81. The molecule has 1 fully saturated rings. The molecule has 3 rings (SSSR count). The number of hydrogen-bond acceptors (Lipinski definition) is 7. The van der Waals surface area contributed by atoms with Gasteiger partial charge in [0.2, 0.25) is 5.82 Å². The van der Waals surface area contributed by atoms with Crippen molar-refractivity contribution in [3.63, 3.8) is 0 Å². The van der Waals surface area contributed by atoms with E-state index in [1.54, 1.807) is 6.07 Å². The molecule has 2 aromatic carbocycles. The number of cyclic esters (lactones) is 1. The highest BCUT2D eigenvalue weighted by Gasteiger charge is 2.36. The van der Waals surface area contributed by atoms with Gasteiger partial charge in [0, 0.05) is 0 Å². The van der Waals surface area contributed by atoms with Crippen LogP contribution in [0.2, 0.25) is 0 Å². The lowest BCUT2D eigenvalue weighted by Crippen LogP contribution is -2.32. The molecule has 13 heteroatoms. The predicted molar refractivity (Wildman–Crippen MR) is 102 cm³/mol. The Morgan fingerprint density at radius 2 is 1.62 bits per heavy atom. The van der Waals surface area contributed by atoms with Crippen LogP contribution in [-0.4, -0.2) is 62.8 Å². The van der Waals surface area contributed by atoms with Gasteiger partial charge >= 0.3 is 12.1 Å². The lowest BCUT2D eigenvalue weighted by atomic mass is 10.1. The van der Waals surface area contributed by atoms with E-state index in [1.165, 1.54) is 26.4 Å². The second-order valence-corrected chi connectivity index (χ2v) is 6.92. The fraction of sp³-hybridized carbons (Fsp3) is 0.286. The SMILES string of the molecule is COc1ccc(OC)c(C(=O)CN2CC(COC(=O)c3c(F)c(F)c(F)c(F)c3F)OC2=O)c1. The molecular weight excluding hydrogens is 473 g/mol. The zero-order valence-electron chi connectivity index (χ0n) is 17.6. The molecule has 0 radical (unpaired) electrons. The molecule has 0 N–H and O–H groups in total. The molecule has 0 aromatic heterocycles. The Kier molecular flexibility index (Phi) is 7.23. The third kappa shape index (κ3) is 4.72. The van der Waals surface area contributed by atoms with Gasteiger partial charge in [-0.15, -0.1) is 0 Å². The summed E-state index contributed by atoms with van der Waals surface area (Å²) in [7, 11) is 2.74. The quantitative estimate of drug-likeness (QED) is 0.185. The van der Waals surface area contributed by atoms with Crippen LogP contribution in [0.25, 0.3) is 0 Å². The largest absolute Gasteiger partial charge is 0.497 e. The summed E-state index contributed by atoms with van der Waals surface area (Å²) in [5.41, 5.74) is -1.66. The van der Waals surface area contributed by atoms with Crippen LogP contribution < -0.4 is 9.47 Å². The Morgan fingerprint density at radius 1 is 1.00 bits per heavy atom. The van der Waals surface area contributed by atoms with Crippen LogP contribution >= 0.6 is 0 Å². The van der Waals surface area contributed by atoms with Crippen molar-refractivity contribution in [1.29, 1.82) is 0 Å². The number of hydrogen-bond donors (Lipinski definition) is 0. The number of nitrogens with zero attached hydrogens (tertiary/aromatic N) is 1. The molecule has 8 nitrogen and oxygen atoms in total. The molecule has 1 aliphatic heterocycles. The maximum Gasteiger partial charge on any atom is 0.410 e. The highest BCUT2D eigenvalue weighted by molar-refractivity contribution is 6.01. The number of benzene rings is 2. The number of rotatable bonds is 8. The Hall–Kier alpha value is -3.90. The van der Waals surface area contributed by atoms with Crippen molar-refractivity contribution in [1.82, 2.24) is 4.90 Å². The molecule has 1 atom stereocenters. The first-order chi connectivity index (χ1) is 16.1. The van der Waals surface area contributed by atoms with E-state index in [2.05, 4.69) is 4.74 Å². The minimum atomic E-state index is -2.43. The molecule has 1 amide bonds. The van der Waals surface area contributed by atoms with Crippen molar-refractivity contribution in [3.8, 4) is 11.5 Å². The summed E-state index contributed by atoms with van der Waals surface area (Å²) in [5, 5.41) is 0. The molecule has 34 heavy (non-hydrogen) atoms. The molecule has 0 spiro atoms. The van der Waals surface area contributed by atoms with Crippen LogP contribution in [0.15, 0.2) is 18.2 Å². The topological polar surface area (TPSA) is 91.4 Å². The fourth-order valence-corrected chi connectivity index (χ4v) is 3.11. The monoisotopic (exact) mass is 489 g/mol. The van der Waals surface area contributed by atoms with Crippen molar-refractivity contribution in [2.24, 2.45) is 0 Å². The van der Waals surface area contributed by atoms with Gasteiger partial charge in [0.1, 0.15) is 23.7 Å². The zero-order valence-corrected chi connectivity index (χ0v) is 17.6. The normalized spacial score (nSPS) is 15.2. The third-order valence-electron chi connectivity index (χ3n) is 4.81. The van der Waals surface area contributed by atoms with Gasteiger partial charge in [-0.3, -0.25) is 9.69 Å². The summed E-state index contributed by atoms with van der Waals surface area (Å²) in [6.45, 7) is -1.48. The Balaban J connectivity index is 1.65. The number of halogens is 5. The van der Waals surface area contributed by atoms with Gasteiger partial charge in [-0.1, -0.05) is 0 Å². The summed E-state index contributed by atoms with van der Waals surface area (Å²) in [4.78, 5) is 37.6. The van der Waals surface area contributed by atoms with Crippen LogP contribution in [-0.2, 0) is 9.47 Å². The van der Waals surface area contributed by atoms with Crippen molar-refractivity contribution in [2.75, 3.05) is 33.9 Å². The van der Waals surface area contributed by atoms with E-state index in [1.807, 2.05) is 0 Å². The standard InChI is InChI=1S/C21H16F5NO7/c1-31-9-3-4-13(32-2)11(5-9)12(28)7-27-6-10(34-21(27)30)8-33-20(29)14-15(22)17(24)19(26)18(25)16(14)23/h3-5,10H,6-8H2,1-2H3. The molecule has 0 saturated carbocycles. The molecular formula is C21H16F5NO7. The number of ether oxygens (including phenoxy) is 4. The van der Waals surface area contributed by atoms with Gasteiger partial charge in [0.05, 0.1) is 32.9 Å². The number of esters is 1. The number of amides is 1. The maximum absolute atomic E-state index is 13.7. The molecule has 1 heterocycles. The van der Waals surface area contributed by atoms with Crippen molar-refractivity contribution < 1.29 is 55.3 Å². The van der Waals surface area contributed by atoms with Crippen LogP contribution in [0, 0.1) is 29.1 Å². The van der Waals surface area contributed by atoms with E-state index in [4.69, 9.17) is 14.2 Å². The van der Waals surface area contributed by atoms with Gasteiger partial charge in [-0.2, -0.15) is 0 Å². The highest BCUT2D eigenvalue weighted by Crippen LogP contribution is 2.26. The highest BCUT2D eigenvalue weighted by atomic mass is 19.2. The lowest BCUT2D eigenvalue weighted by molar-refractivity contribution is 0.0287. The molecule has 182 valence electrons. The van der Waals surface area contributed by atoms with E-state index in [9.17, 15) is 36.3 Å². The molecule has 2 aromatic rings. The summed E-state index contributed by atoms with van der Waals surface area (Å²) in [5.74, 6) is -13.5. The number of carbonyl (C=O) groups excluding carboxylic acids is 3. The Labute approximate surface area is 188 Å². The van der Waals surface area contributed by atoms with E-state index < -0.39 is 71.8 Å². The zero-order chi connectivity index (χ0) is 25.2. The van der Waals surface area contributed by atoms with Crippen LogP contribution in [0.3, 0.4) is 0 Å². The first-order valence-corrected chi connectivity index (χ1v) is 9.48. The van der Waals surface area contributed by atoms with Crippen LogP contribution in [0.5, 0.6) is 11.5 Å². The van der Waals surface area contributed by atoms with Gasteiger partial charge < -0.3 is 18.9 Å². The van der Waals surface area contributed by atoms with Gasteiger partial charge in [0.15, 0.2) is 35.2 Å². The van der Waals surface area contributed by atoms with Crippen molar-refractivity contribution in [2.45, 2.75) is 6.10 Å². The van der Waals surface area contributed by atoms with E-state index >= 15 is 0 Å². The van der Waals surface area contributed by atoms with Gasteiger partial charge in [0.25, 0.3) is 0 Å². The fourth-order valence-electron chi connectivity index (χ4n) is 3.11. The number of ketones is 1. The van der Waals surface area contributed by atoms with Gasteiger partial charge in [-0.25, -0.2) is 31.5 Å². The van der Waals surface area contributed by atoms with E-state index in [-0.39, 0.29) is 17.9 Å². The molecule has 0 aliphatic carbocycles. The summed E-state index contributed by atoms with van der Waals surface area (Å²) >= 11 is 0. The lowest BCUT2D eigenvalue weighted by Gasteiger charge is -2.14. The van der Waals surface area contributed by atoms with Crippen LogP contribution in [0.4, 0.5) is 26.7 Å². The number of carbonyl (C=O) groups is 3. The average Bonchev–Trinajstić information content (AvgIpc) is 3.18. The number of Topliss-reactive ketones (excluding diaryl/α,β-unsaturated/α-hetero) is 1. The molecule has 1 unspecified atom stereocenters. The maximum atomic E-state index is 13.7. The summed E-state index contributed by atoms with van der Waals surface area (Å²) < 4.78 is 86.8. The van der Waals surface area contributed by atoms with E-state index in [0.717, 1.165) is 4.90 Å². The second-order valence-electron chi connectivity index (χ2n) is 6.92. The summed E-state index contributed by atoms with van der Waals surface area (Å²) in [6, 6.07) is 4.47. The van der Waals surface area contributed by atoms with E-state index in [0.29, 0.717) is 5.75 Å². The predicted octanol–water partition coefficient (Wildman–Crippen LogP) is 3.26. The first-order valence-electron chi connectivity index (χ1n) is 9.48.